The number of unbranched alkanes of at least 4 members (excludes halogenated alkanes) is 2. The molecule has 0 bridgehead atoms. The van der Waals surface area contributed by atoms with E-state index in [4.69, 9.17) is 18.9 Å². The summed E-state index contributed by atoms with van der Waals surface area (Å²) in [7, 11) is 0. The molecule has 0 aromatic carbocycles. The van der Waals surface area contributed by atoms with Crippen molar-refractivity contribution in [3.05, 3.63) is 0 Å². The molecule has 2 aliphatic rings. The van der Waals surface area contributed by atoms with Crippen LogP contribution in [0.1, 0.15) is 57.8 Å². The minimum absolute atomic E-state index is 0.0293. The van der Waals surface area contributed by atoms with Gasteiger partial charge in [0, 0.05) is 26.1 Å². The normalized spacial score (nSPS) is 26.6. The van der Waals surface area contributed by atoms with Gasteiger partial charge in [-0.25, -0.2) is 0 Å². The van der Waals surface area contributed by atoms with Gasteiger partial charge in [0.25, 0.3) is 0 Å². The van der Waals surface area contributed by atoms with Gasteiger partial charge in [0.05, 0.1) is 6.61 Å². The number of hydrogen-bond acceptors (Lipinski definition) is 4. The fourth-order valence-electron chi connectivity index (χ4n) is 2.34. The molecule has 4 heteroatoms. The highest BCUT2D eigenvalue weighted by molar-refractivity contribution is 4.91. The first-order valence-corrected chi connectivity index (χ1v) is 7.93. The molecule has 0 N–H and O–H groups in total. The highest BCUT2D eigenvalue weighted by Gasteiger charge is 2.13. The minimum atomic E-state index is -0.108. The van der Waals surface area contributed by atoms with Crippen LogP contribution in [-0.4, -0.2) is 32.4 Å². The molecular weight excluding hydrogens is 256 g/mol. The van der Waals surface area contributed by atoms with E-state index in [1.165, 1.54) is 19.3 Å². The van der Waals surface area contributed by atoms with Crippen molar-refractivity contribution >= 4 is 0 Å². The fraction of sp³-hybridized carbons (Fsp3) is 0.875. The Balaban J connectivity index is 1.41. The van der Waals surface area contributed by atoms with Gasteiger partial charge in [-0.05, 0) is 44.9 Å². The van der Waals surface area contributed by atoms with Crippen LogP contribution in [0.25, 0.3) is 0 Å². The second-order valence-corrected chi connectivity index (χ2v) is 5.32. The van der Waals surface area contributed by atoms with Gasteiger partial charge in [0.1, 0.15) is 6.11 Å². The Morgan fingerprint density at radius 2 is 1.65 bits per heavy atom. The third kappa shape index (κ3) is 6.60. The molecule has 2 unspecified atom stereocenters. The quantitative estimate of drug-likeness (QED) is 0.554. The molecule has 114 valence electrons. The van der Waals surface area contributed by atoms with Crippen molar-refractivity contribution in [1.29, 1.82) is 0 Å². The van der Waals surface area contributed by atoms with Crippen LogP contribution < -0.4 is 0 Å². The van der Waals surface area contributed by atoms with Crippen molar-refractivity contribution in [2.75, 3.05) is 19.8 Å². The third-order valence-electron chi connectivity index (χ3n) is 3.54. The molecular formula is C16H26O4. The molecule has 0 radical (unpaired) electrons. The molecule has 2 aliphatic heterocycles. The Morgan fingerprint density at radius 1 is 0.900 bits per heavy atom. The lowest BCUT2D eigenvalue weighted by atomic mass is 10.2. The molecule has 0 spiro atoms. The first-order valence-electron chi connectivity index (χ1n) is 7.93. The van der Waals surface area contributed by atoms with Gasteiger partial charge in [0.15, 0.2) is 6.29 Å². The summed E-state index contributed by atoms with van der Waals surface area (Å²) in [5.74, 6) is 3.03. The molecule has 0 amide bonds. The standard InChI is InChI=1S/C16H26O4/c1(5-11-17-15-9-3-7-13-19-15)2-6-12-18-16-10-4-8-14-20-16/h15-16H,1-5,7-11,13-14H2. The van der Waals surface area contributed by atoms with Crippen molar-refractivity contribution in [3.63, 3.8) is 0 Å². The molecule has 0 aromatic rings. The highest BCUT2D eigenvalue weighted by Crippen LogP contribution is 2.14. The number of hydrogen-bond donors (Lipinski definition) is 0. The van der Waals surface area contributed by atoms with E-state index >= 15 is 0 Å². The SMILES string of the molecule is C(#COC1CCCCO1)CCCCOC1CCCCO1. The lowest BCUT2D eigenvalue weighted by molar-refractivity contribution is -0.162. The van der Waals surface area contributed by atoms with E-state index in [-0.39, 0.29) is 12.6 Å². The van der Waals surface area contributed by atoms with Crippen molar-refractivity contribution in [3.8, 4) is 12.0 Å². The first-order chi connectivity index (χ1) is 9.95. The molecule has 2 heterocycles. The maximum absolute atomic E-state index is 5.66. The minimum Gasteiger partial charge on any atom is -0.414 e. The Labute approximate surface area is 122 Å². The van der Waals surface area contributed by atoms with E-state index in [0.717, 1.165) is 58.3 Å². The van der Waals surface area contributed by atoms with Crippen LogP contribution in [0.3, 0.4) is 0 Å². The summed E-state index contributed by atoms with van der Waals surface area (Å²) in [5.41, 5.74) is 0. The smallest absolute Gasteiger partial charge is 0.210 e. The van der Waals surface area contributed by atoms with Gasteiger partial charge < -0.3 is 18.9 Å². The van der Waals surface area contributed by atoms with Crippen molar-refractivity contribution < 1.29 is 18.9 Å². The van der Waals surface area contributed by atoms with Gasteiger partial charge >= 0.3 is 0 Å². The molecule has 2 atom stereocenters. The lowest BCUT2D eigenvalue weighted by Crippen LogP contribution is -2.22. The van der Waals surface area contributed by atoms with Crippen LogP contribution in [0.2, 0.25) is 0 Å². The first kappa shape index (κ1) is 15.6. The zero-order chi connectivity index (χ0) is 13.9. The summed E-state index contributed by atoms with van der Waals surface area (Å²) in [6, 6.07) is 0. The van der Waals surface area contributed by atoms with Gasteiger partial charge in [-0.3, -0.25) is 0 Å². The second kappa shape index (κ2) is 10.0. The van der Waals surface area contributed by atoms with Crippen LogP contribution in [-0.2, 0) is 18.9 Å². The Bertz CT molecular complexity index is 295. The summed E-state index contributed by atoms with van der Waals surface area (Å²) in [6.07, 6.45) is 12.3. The van der Waals surface area contributed by atoms with Gasteiger partial charge in [-0.15, -0.1) is 0 Å². The topological polar surface area (TPSA) is 36.9 Å². The van der Waals surface area contributed by atoms with Crippen molar-refractivity contribution in [2.45, 2.75) is 70.4 Å². The Morgan fingerprint density at radius 3 is 2.35 bits per heavy atom. The second-order valence-electron chi connectivity index (χ2n) is 5.32. The van der Waals surface area contributed by atoms with Crippen LogP contribution in [0.4, 0.5) is 0 Å². The van der Waals surface area contributed by atoms with E-state index in [2.05, 4.69) is 12.0 Å². The monoisotopic (exact) mass is 282 g/mol. The average molecular weight is 282 g/mol. The molecule has 2 saturated heterocycles. The molecule has 0 saturated carbocycles. The summed E-state index contributed by atoms with van der Waals surface area (Å²) < 4.78 is 22.0. The van der Waals surface area contributed by atoms with E-state index in [0.29, 0.717) is 0 Å². The largest absolute Gasteiger partial charge is 0.414 e. The maximum Gasteiger partial charge on any atom is 0.210 e. The molecule has 2 rings (SSSR count). The van der Waals surface area contributed by atoms with Crippen LogP contribution in [0.15, 0.2) is 0 Å². The molecule has 2 fully saturated rings. The lowest BCUT2D eigenvalue weighted by Gasteiger charge is -2.22. The summed E-state index contributed by atoms with van der Waals surface area (Å²) in [5, 5.41) is 0. The Hall–Kier alpha value is -0.760. The predicted octanol–water partition coefficient (Wildman–Crippen LogP) is 3.20. The zero-order valence-corrected chi connectivity index (χ0v) is 12.3. The van der Waals surface area contributed by atoms with Gasteiger partial charge in [0.2, 0.25) is 6.29 Å². The number of ether oxygens (including phenoxy) is 4. The van der Waals surface area contributed by atoms with Crippen LogP contribution in [0, 0.1) is 12.0 Å². The van der Waals surface area contributed by atoms with Crippen LogP contribution >= 0.6 is 0 Å². The average Bonchev–Trinajstić information content (AvgIpc) is 2.52. The van der Waals surface area contributed by atoms with Crippen molar-refractivity contribution in [1.82, 2.24) is 0 Å². The zero-order valence-electron chi connectivity index (χ0n) is 12.3. The number of rotatable bonds is 6. The summed E-state index contributed by atoms with van der Waals surface area (Å²) in [6.45, 7) is 2.41. The maximum atomic E-state index is 5.66. The van der Waals surface area contributed by atoms with E-state index in [9.17, 15) is 0 Å². The Kier molecular flexibility index (Phi) is 7.84. The summed E-state index contributed by atoms with van der Waals surface area (Å²) >= 11 is 0. The molecule has 0 aromatic heterocycles. The highest BCUT2D eigenvalue weighted by atomic mass is 16.7. The van der Waals surface area contributed by atoms with Crippen molar-refractivity contribution in [2.24, 2.45) is 0 Å². The molecule has 4 nitrogen and oxygen atoms in total. The van der Waals surface area contributed by atoms with Crippen LogP contribution in [0.5, 0.6) is 0 Å². The van der Waals surface area contributed by atoms with Gasteiger partial charge in [-0.1, -0.05) is 5.92 Å². The van der Waals surface area contributed by atoms with E-state index in [1.54, 1.807) is 0 Å². The molecule has 0 aliphatic carbocycles. The predicted molar refractivity (Wildman–Crippen MR) is 75.8 cm³/mol. The fourth-order valence-corrected chi connectivity index (χ4v) is 2.34. The van der Waals surface area contributed by atoms with Gasteiger partial charge in [-0.2, -0.15) is 0 Å². The third-order valence-corrected chi connectivity index (χ3v) is 3.54. The van der Waals surface area contributed by atoms with E-state index < -0.39 is 0 Å². The molecule has 20 heavy (non-hydrogen) atoms. The summed E-state index contributed by atoms with van der Waals surface area (Å²) in [4.78, 5) is 0. The van der Waals surface area contributed by atoms with E-state index in [1.807, 2.05) is 0 Å².